The SMILES string of the molecule is COc1cccc(CN(C)C(=O)c2ccc3c(c2)C(=O)N(C2CCCCC2)C3=O)c1. The van der Waals surface area contributed by atoms with E-state index >= 15 is 0 Å². The zero-order valence-electron chi connectivity index (χ0n) is 17.4. The number of nitrogens with zero attached hydrogens (tertiary/aromatic N) is 2. The zero-order chi connectivity index (χ0) is 21.3. The van der Waals surface area contributed by atoms with Crippen LogP contribution in [-0.2, 0) is 6.54 Å². The first-order chi connectivity index (χ1) is 14.5. The van der Waals surface area contributed by atoms with Crippen LogP contribution in [0.3, 0.4) is 0 Å². The normalized spacial score (nSPS) is 16.5. The van der Waals surface area contributed by atoms with Gasteiger partial charge in [-0.3, -0.25) is 19.3 Å². The first-order valence-electron chi connectivity index (χ1n) is 10.4. The third-order valence-corrected chi connectivity index (χ3v) is 6.01. The van der Waals surface area contributed by atoms with Gasteiger partial charge in [0.25, 0.3) is 17.7 Å². The molecule has 2 aliphatic rings. The topological polar surface area (TPSA) is 66.9 Å². The van der Waals surface area contributed by atoms with Gasteiger partial charge in [-0.1, -0.05) is 31.4 Å². The maximum absolute atomic E-state index is 13.0. The highest BCUT2D eigenvalue weighted by atomic mass is 16.5. The lowest BCUT2D eigenvalue weighted by atomic mass is 9.94. The molecule has 0 bridgehead atoms. The summed E-state index contributed by atoms with van der Waals surface area (Å²) in [4.78, 5) is 41.8. The minimum atomic E-state index is -0.271. The lowest BCUT2D eigenvalue weighted by Gasteiger charge is -2.29. The van der Waals surface area contributed by atoms with Crippen LogP contribution in [0.25, 0.3) is 0 Å². The standard InChI is InChI=1S/C24H26N2O4/c1-25(15-16-7-6-10-19(13-16)30-2)22(27)17-11-12-20-21(14-17)24(29)26(23(20)28)18-8-4-3-5-9-18/h6-7,10-14,18H,3-5,8-9,15H2,1-2H3. The van der Waals surface area contributed by atoms with Gasteiger partial charge in [0.05, 0.1) is 18.2 Å². The third kappa shape index (κ3) is 3.70. The Labute approximate surface area is 176 Å². The Hall–Kier alpha value is -3.15. The fourth-order valence-corrected chi connectivity index (χ4v) is 4.40. The van der Waals surface area contributed by atoms with Crippen molar-refractivity contribution in [1.29, 1.82) is 0 Å². The highest BCUT2D eigenvalue weighted by Gasteiger charge is 2.40. The van der Waals surface area contributed by atoms with E-state index in [1.807, 2.05) is 24.3 Å². The Morgan fingerprint density at radius 3 is 2.50 bits per heavy atom. The molecule has 0 atom stereocenters. The number of imide groups is 1. The third-order valence-electron chi connectivity index (χ3n) is 6.01. The molecule has 1 fully saturated rings. The van der Waals surface area contributed by atoms with Crippen LogP contribution in [0.15, 0.2) is 42.5 Å². The summed E-state index contributed by atoms with van der Waals surface area (Å²) in [5, 5.41) is 0. The molecular weight excluding hydrogens is 380 g/mol. The Balaban J connectivity index is 1.53. The highest BCUT2D eigenvalue weighted by molar-refractivity contribution is 6.22. The van der Waals surface area contributed by atoms with Crippen molar-refractivity contribution in [1.82, 2.24) is 9.80 Å². The van der Waals surface area contributed by atoms with Gasteiger partial charge in [0.1, 0.15) is 5.75 Å². The molecule has 0 spiro atoms. The van der Waals surface area contributed by atoms with Gasteiger partial charge >= 0.3 is 0 Å². The van der Waals surface area contributed by atoms with Gasteiger partial charge in [0.2, 0.25) is 0 Å². The van der Waals surface area contributed by atoms with Gasteiger partial charge < -0.3 is 9.64 Å². The average Bonchev–Trinajstić information content (AvgIpc) is 3.03. The number of benzene rings is 2. The molecule has 0 N–H and O–H groups in total. The second-order valence-electron chi connectivity index (χ2n) is 8.05. The molecule has 0 aromatic heterocycles. The number of hydrogen-bond donors (Lipinski definition) is 0. The van der Waals surface area contributed by atoms with E-state index < -0.39 is 0 Å². The predicted octanol–water partition coefficient (Wildman–Crippen LogP) is 3.90. The van der Waals surface area contributed by atoms with Crippen molar-refractivity contribution in [3.05, 3.63) is 64.7 Å². The Bertz CT molecular complexity index is 994. The smallest absolute Gasteiger partial charge is 0.261 e. The second kappa shape index (κ2) is 8.30. The van der Waals surface area contributed by atoms with Gasteiger partial charge in [-0.05, 0) is 48.7 Å². The molecule has 1 aliphatic heterocycles. The molecule has 6 heteroatoms. The van der Waals surface area contributed by atoms with E-state index in [1.165, 1.54) is 4.90 Å². The summed E-state index contributed by atoms with van der Waals surface area (Å²) in [5.41, 5.74) is 2.09. The van der Waals surface area contributed by atoms with Gasteiger partial charge in [-0.15, -0.1) is 0 Å². The van der Waals surface area contributed by atoms with E-state index in [0.717, 1.165) is 43.4 Å². The van der Waals surface area contributed by atoms with Crippen molar-refractivity contribution >= 4 is 17.7 Å². The molecule has 30 heavy (non-hydrogen) atoms. The summed E-state index contributed by atoms with van der Waals surface area (Å²) in [7, 11) is 3.32. The Morgan fingerprint density at radius 2 is 1.77 bits per heavy atom. The molecule has 1 aliphatic carbocycles. The number of methoxy groups -OCH3 is 1. The Morgan fingerprint density at radius 1 is 1.03 bits per heavy atom. The van der Waals surface area contributed by atoms with Crippen LogP contribution in [0.4, 0.5) is 0 Å². The van der Waals surface area contributed by atoms with Crippen LogP contribution in [0.2, 0.25) is 0 Å². The number of hydrogen-bond acceptors (Lipinski definition) is 4. The number of ether oxygens (including phenoxy) is 1. The lowest BCUT2D eigenvalue weighted by Crippen LogP contribution is -2.40. The quantitative estimate of drug-likeness (QED) is 0.707. The van der Waals surface area contributed by atoms with E-state index in [2.05, 4.69) is 0 Å². The van der Waals surface area contributed by atoms with E-state index in [9.17, 15) is 14.4 Å². The molecule has 0 radical (unpaired) electrons. The molecule has 1 saturated carbocycles. The first kappa shape index (κ1) is 20.1. The highest BCUT2D eigenvalue weighted by Crippen LogP contribution is 2.31. The van der Waals surface area contributed by atoms with Gasteiger partial charge in [0.15, 0.2) is 0 Å². The largest absolute Gasteiger partial charge is 0.497 e. The molecule has 6 nitrogen and oxygen atoms in total. The molecule has 3 amide bonds. The van der Waals surface area contributed by atoms with Crippen LogP contribution in [0, 0.1) is 0 Å². The summed E-state index contributed by atoms with van der Waals surface area (Å²) in [6.45, 7) is 0.411. The monoisotopic (exact) mass is 406 g/mol. The average molecular weight is 406 g/mol. The minimum Gasteiger partial charge on any atom is -0.497 e. The number of fused-ring (bicyclic) bond motifs is 1. The molecule has 0 unspecified atom stereocenters. The molecule has 2 aromatic carbocycles. The van der Waals surface area contributed by atoms with Crippen molar-refractivity contribution in [2.45, 2.75) is 44.7 Å². The van der Waals surface area contributed by atoms with Gasteiger partial charge in [-0.25, -0.2) is 0 Å². The van der Waals surface area contributed by atoms with Crippen molar-refractivity contribution in [2.24, 2.45) is 0 Å². The van der Waals surface area contributed by atoms with E-state index in [0.29, 0.717) is 23.2 Å². The van der Waals surface area contributed by atoms with Crippen molar-refractivity contribution in [3.63, 3.8) is 0 Å². The van der Waals surface area contributed by atoms with Crippen molar-refractivity contribution in [3.8, 4) is 5.75 Å². The van der Waals surface area contributed by atoms with Crippen LogP contribution < -0.4 is 4.74 Å². The zero-order valence-corrected chi connectivity index (χ0v) is 17.4. The van der Waals surface area contributed by atoms with Crippen molar-refractivity contribution < 1.29 is 19.1 Å². The fourth-order valence-electron chi connectivity index (χ4n) is 4.40. The van der Waals surface area contributed by atoms with Gasteiger partial charge in [0, 0.05) is 25.2 Å². The molecular formula is C24H26N2O4. The molecule has 156 valence electrons. The second-order valence-corrected chi connectivity index (χ2v) is 8.05. The van der Waals surface area contributed by atoms with Crippen LogP contribution in [-0.4, -0.2) is 47.7 Å². The lowest BCUT2D eigenvalue weighted by molar-refractivity contribution is 0.0548. The number of rotatable bonds is 5. The van der Waals surface area contributed by atoms with E-state index in [-0.39, 0.29) is 23.8 Å². The molecule has 2 aromatic rings. The summed E-state index contributed by atoms with van der Waals surface area (Å²) in [5.74, 6) is 0.0346. The van der Waals surface area contributed by atoms with E-state index in [4.69, 9.17) is 4.74 Å². The summed E-state index contributed by atoms with van der Waals surface area (Å²) in [6.07, 6.45) is 4.95. The van der Waals surface area contributed by atoms with E-state index in [1.54, 1.807) is 37.3 Å². The number of carbonyl (C=O) groups excluding carboxylic acids is 3. The fraction of sp³-hybridized carbons (Fsp3) is 0.375. The van der Waals surface area contributed by atoms with Crippen LogP contribution >= 0.6 is 0 Å². The molecule has 4 rings (SSSR count). The summed E-state index contributed by atoms with van der Waals surface area (Å²) >= 11 is 0. The van der Waals surface area contributed by atoms with Crippen molar-refractivity contribution in [2.75, 3.05) is 14.2 Å². The van der Waals surface area contributed by atoms with Gasteiger partial charge in [-0.2, -0.15) is 0 Å². The predicted molar refractivity (Wildman–Crippen MR) is 113 cm³/mol. The Kier molecular flexibility index (Phi) is 5.57. The maximum atomic E-state index is 13.0. The number of amides is 3. The molecule has 1 heterocycles. The summed E-state index contributed by atoms with van der Waals surface area (Å²) < 4.78 is 5.24. The first-order valence-corrected chi connectivity index (χ1v) is 10.4. The molecule has 0 saturated heterocycles. The summed E-state index contributed by atoms with van der Waals surface area (Å²) in [6, 6.07) is 12.3. The minimum absolute atomic E-state index is 0.0268. The van der Waals surface area contributed by atoms with Crippen LogP contribution in [0.5, 0.6) is 5.75 Å². The maximum Gasteiger partial charge on any atom is 0.261 e. The number of carbonyl (C=O) groups is 3. The van der Waals surface area contributed by atoms with Crippen LogP contribution in [0.1, 0.15) is 68.7 Å².